The number of carbonyl (C=O) groups is 1. The molecule has 2 aromatic rings. The number of rotatable bonds is 5. The van der Waals surface area contributed by atoms with Gasteiger partial charge in [0.25, 0.3) is 0 Å². The number of amides is 2. The summed E-state index contributed by atoms with van der Waals surface area (Å²) >= 11 is 5.90. The molecule has 2 aromatic carbocycles. The molecule has 0 fully saturated rings. The lowest BCUT2D eigenvalue weighted by Gasteiger charge is -2.14. The first-order chi connectivity index (χ1) is 11.4. The molecule has 0 atom stereocenters. The number of para-hydroxylation sites is 2. The number of alkyl halides is 3. The van der Waals surface area contributed by atoms with Gasteiger partial charge in [-0.1, -0.05) is 35.9 Å². The number of carbonyl (C=O) groups excluding carboxylic acids is 1. The van der Waals surface area contributed by atoms with Crippen LogP contribution in [-0.2, 0) is 6.18 Å². The third-order valence-corrected chi connectivity index (χ3v) is 3.27. The van der Waals surface area contributed by atoms with E-state index in [2.05, 4.69) is 10.6 Å². The van der Waals surface area contributed by atoms with Crippen LogP contribution in [0.4, 0.5) is 23.7 Å². The van der Waals surface area contributed by atoms with Crippen molar-refractivity contribution in [3.05, 3.63) is 59.1 Å². The highest BCUT2D eigenvalue weighted by Gasteiger charge is 2.33. The van der Waals surface area contributed by atoms with Gasteiger partial charge in [-0.25, -0.2) is 4.79 Å². The molecule has 2 amide bonds. The van der Waals surface area contributed by atoms with Crippen molar-refractivity contribution in [1.82, 2.24) is 5.32 Å². The van der Waals surface area contributed by atoms with Crippen molar-refractivity contribution in [2.75, 3.05) is 18.5 Å². The zero-order valence-corrected chi connectivity index (χ0v) is 13.1. The Bertz CT molecular complexity index is 708. The number of hydrogen-bond acceptors (Lipinski definition) is 2. The summed E-state index contributed by atoms with van der Waals surface area (Å²) in [5.74, 6) is 0.462. The van der Waals surface area contributed by atoms with E-state index in [1.807, 2.05) is 0 Å². The lowest BCUT2D eigenvalue weighted by molar-refractivity contribution is -0.136. The Hall–Kier alpha value is -2.41. The summed E-state index contributed by atoms with van der Waals surface area (Å²) in [6.45, 7) is 0.226. The van der Waals surface area contributed by atoms with Crippen LogP contribution in [0.2, 0.25) is 5.02 Å². The molecular weight excluding hydrogens is 345 g/mol. The van der Waals surface area contributed by atoms with Crippen LogP contribution in [0.1, 0.15) is 5.56 Å². The first-order valence-corrected chi connectivity index (χ1v) is 7.34. The quantitative estimate of drug-likeness (QED) is 0.770. The monoisotopic (exact) mass is 358 g/mol. The van der Waals surface area contributed by atoms with Gasteiger partial charge in [0.2, 0.25) is 0 Å². The maximum absolute atomic E-state index is 12.8. The molecule has 128 valence electrons. The molecule has 0 aliphatic heterocycles. The molecule has 2 N–H and O–H groups in total. The van der Waals surface area contributed by atoms with E-state index in [9.17, 15) is 18.0 Å². The van der Waals surface area contributed by atoms with Crippen LogP contribution in [0.25, 0.3) is 0 Å². The minimum absolute atomic E-state index is 0.102. The Morgan fingerprint density at radius 1 is 1.08 bits per heavy atom. The third-order valence-electron chi connectivity index (χ3n) is 2.96. The summed E-state index contributed by atoms with van der Waals surface area (Å²) in [5.41, 5.74) is -1.22. The molecule has 0 aliphatic carbocycles. The molecule has 8 heteroatoms. The molecule has 0 aromatic heterocycles. The Labute approximate surface area is 141 Å². The van der Waals surface area contributed by atoms with Crippen LogP contribution in [0, 0.1) is 0 Å². The number of nitrogens with one attached hydrogen (secondary N) is 2. The number of ether oxygens (including phenoxy) is 1. The Morgan fingerprint density at radius 3 is 2.46 bits per heavy atom. The largest absolute Gasteiger partial charge is 0.490 e. The molecule has 0 bridgehead atoms. The van der Waals surface area contributed by atoms with E-state index in [0.717, 1.165) is 6.07 Å². The van der Waals surface area contributed by atoms with Crippen LogP contribution < -0.4 is 15.4 Å². The molecule has 0 unspecified atom stereocenters. The fourth-order valence-electron chi connectivity index (χ4n) is 1.89. The van der Waals surface area contributed by atoms with Crippen LogP contribution in [0.15, 0.2) is 48.5 Å². The zero-order valence-electron chi connectivity index (χ0n) is 12.4. The molecule has 2 rings (SSSR count). The summed E-state index contributed by atoms with van der Waals surface area (Å²) in [4.78, 5) is 11.7. The molecule has 0 saturated carbocycles. The van der Waals surface area contributed by atoms with Gasteiger partial charge in [0.1, 0.15) is 12.4 Å². The van der Waals surface area contributed by atoms with E-state index in [1.54, 1.807) is 24.3 Å². The smallest absolute Gasteiger partial charge is 0.418 e. The molecular formula is C16H14ClF3N2O2. The fourth-order valence-corrected chi connectivity index (χ4v) is 2.08. The first-order valence-electron chi connectivity index (χ1n) is 6.96. The lowest BCUT2D eigenvalue weighted by Crippen LogP contribution is -2.32. The highest BCUT2D eigenvalue weighted by atomic mass is 35.5. The van der Waals surface area contributed by atoms with Crippen molar-refractivity contribution in [3.8, 4) is 5.75 Å². The van der Waals surface area contributed by atoms with Gasteiger partial charge in [0.15, 0.2) is 0 Å². The molecule has 0 radical (unpaired) electrons. The maximum Gasteiger partial charge on any atom is 0.418 e. The van der Waals surface area contributed by atoms with Gasteiger partial charge < -0.3 is 15.4 Å². The van der Waals surface area contributed by atoms with Crippen molar-refractivity contribution >= 4 is 23.3 Å². The summed E-state index contributed by atoms with van der Waals surface area (Å²) < 4.78 is 43.8. The summed E-state index contributed by atoms with van der Waals surface area (Å²) in [6.07, 6.45) is -4.54. The Kier molecular flexibility index (Phi) is 5.92. The predicted molar refractivity (Wildman–Crippen MR) is 85.4 cm³/mol. The Balaban J connectivity index is 1.83. The minimum Gasteiger partial charge on any atom is -0.490 e. The molecule has 24 heavy (non-hydrogen) atoms. The Morgan fingerprint density at radius 2 is 1.75 bits per heavy atom. The van der Waals surface area contributed by atoms with Crippen molar-refractivity contribution in [3.63, 3.8) is 0 Å². The van der Waals surface area contributed by atoms with Gasteiger partial charge in [-0.05, 0) is 24.3 Å². The number of halogens is 4. The highest BCUT2D eigenvalue weighted by molar-refractivity contribution is 6.32. The fraction of sp³-hybridized carbons (Fsp3) is 0.188. The predicted octanol–water partition coefficient (Wildman–Crippen LogP) is 4.56. The number of anilines is 1. The second kappa shape index (κ2) is 7.92. The average Bonchev–Trinajstić information content (AvgIpc) is 2.52. The van der Waals surface area contributed by atoms with Crippen LogP contribution >= 0.6 is 11.6 Å². The van der Waals surface area contributed by atoms with Gasteiger partial charge in [-0.2, -0.15) is 13.2 Å². The van der Waals surface area contributed by atoms with E-state index in [0.29, 0.717) is 10.8 Å². The summed E-state index contributed by atoms with van der Waals surface area (Å²) in [5, 5.41) is 5.02. The minimum atomic E-state index is -4.54. The van der Waals surface area contributed by atoms with Gasteiger partial charge in [0.05, 0.1) is 22.8 Å². The van der Waals surface area contributed by atoms with E-state index in [1.165, 1.54) is 18.2 Å². The molecule has 0 spiro atoms. The zero-order chi connectivity index (χ0) is 17.6. The number of benzene rings is 2. The van der Waals surface area contributed by atoms with E-state index in [-0.39, 0.29) is 18.8 Å². The van der Waals surface area contributed by atoms with Gasteiger partial charge in [-0.3, -0.25) is 0 Å². The maximum atomic E-state index is 12.8. The van der Waals surface area contributed by atoms with Gasteiger partial charge >= 0.3 is 12.2 Å². The topological polar surface area (TPSA) is 50.4 Å². The van der Waals surface area contributed by atoms with Crippen molar-refractivity contribution < 1.29 is 22.7 Å². The standard InChI is InChI=1S/C16H14ClF3N2O2/c17-12-6-2-4-8-14(12)24-10-9-21-15(23)22-13-7-3-1-5-11(13)16(18,19)20/h1-8H,9-10H2,(H2,21,22,23). The molecule has 4 nitrogen and oxygen atoms in total. The third kappa shape index (κ3) is 5.06. The van der Waals surface area contributed by atoms with Crippen LogP contribution in [-0.4, -0.2) is 19.2 Å². The SMILES string of the molecule is O=C(NCCOc1ccccc1Cl)Nc1ccccc1C(F)(F)F. The van der Waals surface area contributed by atoms with Crippen molar-refractivity contribution in [1.29, 1.82) is 0 Å². The molecule has 0 saturated heterocycles. The van der Waals surface area contributed by atoms with E-state index in [4.69, 9.17) is 16.3 Å². The highest BCUT2D eigenvalue weighted by Crippen LogP contribution is 2.34. The van der Waals surface area contributed by atoms with Crippen LogP contribution in [0.5, 0.6) is 5.75 Å². The van der Waals surface area contributed by atoms with Gasteiger partial charge in [-0.15, -0.1) is 0 Å². The lowest BCUT2D eigenvalue weighted by atomic mass is 10.1. The number of urea groups is 1. The van der Waals surface area contributed by atoms with Crippen LogP contribution in [0.3, 0.4) is 0 Å². The van der Waals surface area contributed by atoms with Crippen molar-refractivity contribution in [2.24, 2.45) is 0 Å². The first kappa shape index (κ1) is 17.9. The van der Waals surface area contributed by atoms with E-state index < -0.39 is 17.8 Å². The average molecular weight is 359 g/mol. The van der Waals surface area contributed by atoms with Gasteiger partial charge in [0, 0.05) is 0 Å². The van der Waals surface area contributed by atoms with Crippen molar-refractivity contribution in [2.45, 2.75) is 6.18 Å². The number of hydrogen-bond donors (Lipinski definition) is 2. The molecule has 0 aliphatic rings. The second-order valence-electron chi connectivity index (χ2n) is 4.70. The molecule has 0 heterocycles. The second-order valence-corrected chi connectivity index (χ2v) is 5.11. The summed E-state index contributed by atoms with van der Waals surface area (Å²) in [6, 6.07) is 10.8. The normalized spacial score (nSPS) is 11.0. The summed E-state index contributed by atoms with van der Waals surface area (Å²) in [7, 11) is 0. The van der Waals surface area contributed by atoms with E-state index >= 15 is 0 Å².